The molecule has 1 rings (SSSR count). The summed E-state index contributed by atoms with van der Waals surface area (Å²) in [7, 11) is -1.74. The van der Waals surface area contributed by atoms with Crippen LogP contribution in [0.3, 0.4) is 0 Å². The van der Waals surface area contributed by atoms with Crippen LogP contribution in [0, 0.1) is 0 Å². The predicted molar refractivity (Wildman–Crippen MR) is 123 cm³/mol. The lowest BCUT2D eigenvalue weighted by Crippen LogP contribution is -2.47. The normalized spacial score (nSPS) is 13.0. The number of esters is 1. The Morgan fingerprint density at radius 1 is 1.07 bits per heavy atom. The Labute approximate surface area is 179 Å². The topological polar surface area (TPSA) is 48.7 Å². The molecule has 0 aliphatic carbocycles. The van der Waals surface area contributed by atoms with Crippen molar-refractivity contribution in [3.63, 3.8) is 0 Å². The van der Waals surface area contributed by atoms with E-state index in [0.29, 0.717) is 29.7 Å². The second-order valence-corrected chi connectivity index (χ2v) is 14.3. The van der Waals surface area contributed by atoms with E-state index in [1.807, 2.05) is 6.07 Å². The van der Waals surface area contributed by atoms with Gasteiger partial charge >= 0.3 is 5.97 Å². The van der Waals surface area contributed by atoms with Crippen LogP contribution in [0.15, 0.2) is 28.2 Å². The van der Waals surface area contributed by atoms with Gasteiger partial charge < -0.3 is 13.6 Å². The summed E-state index contributed by atoms with van der Waals surface area (Å²) >= 11 is 0. The van der Waals surface area contributed by atoms with Crippen molar-refractivity contribution < 1.29 is 18.4 Å². The van der Waals surface area contributed by atoms with Crippen LogP contribution in [0.1, 0.15) is 91.0 Å². The van der Waals surface area contributed by atoms with E-state index in [1.54, 1.807) is 13.0 Å². The number of furan rings is 1. The lowest BCUT2D eigenvalue weighted by Gasteiger charge is -2.42. The minimum absolute atomic E-state index is 0.276. The summed E-state index contributed by atoms with van der Waals surface area (Å²) in [6, 6.07) is 3.53. The van der Waals surface area contributed by atoms with Crippen LogP contribution in [-0.2, 0) is 15.6 Å². The SMILES string of the molecule is CCOC(=O)c1ccc(C/C=C(\C)CCCCO[Si](C(C)C)(C(C)C)C(C)C)o1. The van der Waals surface area contributed by atoms with E-state index in [4.69, 9.17) is 13.6 Å². The number of carbonyl (C=O) groups excluding carboxylic acids is 1. The zero-order valence-corrected chi connectivity index (χ0v) is 20.8. The molecule has 166 valence electrons. The molecule has 0 amide bonds. The molecule has 0 saturated carbocycles. The Kier molecular flexibility index (Phi) is 11.0. The van der Waals surface area contributed by atoms with Gasteiger partial charge in [0.2, 0.25) is 5.76 Å². The first-order valence-electron chi connectivity index (χ1n) is 11.2. The largest absolute Gasteiger partial charge is 0.460 e. The minimum atomic E-state index is -1.74. The third kappa shape index (κ3) is 7.45. The lowest BCUT2D eigenvalue weighted by molar-refractivity contribution is 0.0488. The average Bonchev–Trinajstić information content (AvgIpc) is 3.11. The van der Waals surface area contributed by atoms with Crippen LogP contribution in [0.25, 0.3) is 0 Å². The van der Waals surface area contributed by atoms with Gasteiger partial charge in [0.15, 0.2) is 8.32 Å². The summed E-state index contributed by atoms with van der Waals surface area (Å²) in [5.41, 5.74) is 3.25. The monoisotopic (exact) mass is 422 g/mol. The molecule has 0 N–H and O–H groups in total. The van der Waals surface area contributed by atoms with Gasteiger partial charge in [0.05, 0.1) is 6.61 Å². The average molecular weight is 423 g/mol. The van der Waals surface area contributed by atoms with Crippen molar-refractivity contribution in [2.24, 2.45) is 0 Å². The fourth-order valence-corrected chi connectivity index (χ4v) is 9.93. The molecular formula is C24H42O4Si. The highest BCUT2D eigenvalue weighted by atomic mass is 28.4. The number of hydrogen-bond acceptors (Lipinski definition) is 4. The van der Waals surface area contributed by atoms with E-state index in [2.05, 4.69) is 54.5 Å². The van der Waals surface area contributed by atoms with E-state index < -0.39 is 14.3 Å². The molecule has 0 aliphatic rings. The van der Waals surface area contributed by atoms with Gasteiger partial charge in [-0.25, -0.2) is 4.79 Å². The van der Waals surface area contributed by atoms with E-state index >= 15 is 0 Å². The molecule has 0 atom stereocenters. The van der Waals surface area contributed by atoms with Crippen LogP contribution in [0.5, 0.6) is 0 Å². The summed E-state index contributed by atoms with van der Waals surface area (Å²) in [5.74, 6) is 0.666. The lowest BCUT2D eigenvalue weighted by atomic mass is 10.1. The Morgan fingerprint density at radius 3 is 2.24 bits per heavy atom. The fourth-order valence-electron chi connectivity index (χ4n) is 4.43. The Balaban J connectivity index is 2.43. The highest BCUT2D eigenvalue weighted by Crippen LogP contribution is 2.42. The zero-order chi connectivity index (χ0) is 22.0. The van der Waals surface area contributed by atoms with Gasteiger partial charge in [0.1, 0.15) is 5.76 Å². The third-order valence-corrected chi connectivity index (χ3v) is 11.9. The smallest absolute Gasteiger partial charge is 0.374 e. The van der Waals surface area contributed by atoms with Crippen LogP contribution >= 0.6 is 0 Å². The van der Waals surface area contributed by atoms with Crippen molar-refractivity contribution in [1.29, 1.82) is 0 Å². The quantitative estimate of drug-likeness (QED) is 0.145. The van der Waals surface area contributed by atoms with Crippen LogP contribution in [-0.4, -0.2) is 27.5 Å². The van der Waals surface area contributed by atoms with Gasteiger partial charge in [0.25, 0.3) is 0 Å². The molecular weight excluding hydrogens is 380 g/mol. The van der Waals surface area contributed by atoms with Crippen molar-refractivity contribution >= 4 is 14.3 Å². The molecule has 0 aromatic carbocycles. The molecule has 0 unspecified atom stereocenters. The molecule has 0 saturated heterocycles. The summed E-state index contributed by atoms with van der Waals surface area (Å²) in [6.07, 6.45) is 6.18. The maximum absolute atomic E-state index is 11.7. The molecule has 0 bridgehead atoms. The minimum Gasteiger partial charge on any atom is -0.460 e. The third-order valence-electron chi connectivity index (χ3n) is 5.81. The van der Waals surface area contributed by atoms with E-state index in [0.717, 1.165) is 31.6 Å². The Bertz CT molecular complexity index is 621. The highest BCUT2D eigenvalue weighted by molar-refractivity contribution is 6.77. The first-order chi connectivity index (χ1) is 13.6. The molecule has 0 fully saturated rings. The number of ether oxygens (including phenoxy) is 1. The first-order valence-corrected chi connectivity index (χ1v) is 13.3. The van der Waals surface area contributed by atoms with Crippen LogP contribution < -0.4 is 0 Å². The molecule has 0 spiro atoms. The second-order valence-electron chi connectivity index (χ2n) is 8.86. The summed E-state index contributed by atoms with van der Waals surface area (Å²) in [5, 5.41) is 0. The molecule has 5 heteroatoms. The standard InChI is InChI=1S/C24H42O4Si/c1-9-26-24(25)23-16-15-22(28-23)14-13-21(8)12-10-11-17-27-29(18(2)3,19(4)5)20(6)7/h13,15-16,18-20H,9-12,14,17H2,1-8H3/b21-13+. The van der Waals surface area contributed by atoms with Gasteiger partial charge in [0, 0.05) is 13.0 Å². The van der Waals surface area contributed by atoms with Gasteiger partial charge in [-0.3, -0.25) is 0 Å². The van der Waals surface area contributed by atoms with Crippen molar-refractivity contribution in [2.75, 3.05) is 13.2 Å². The van der Waals surface area contributed by atoms with Crippen molar-refractivity contribution in [3.8, 4) is 0 Å². The van der Waals surface area contributed by atoms with Crippen molar-refractivity contribution in [3.05, 3.63) is 35.3 Å². The van der Waals surface area contributed by atoms with Gasteiger partial charge in [-0.15, -0.1) is 0 Å². The molecule has 4 nitrogen and oxygen atoms in total. The van der Waals surface area contributed by atoms with E-state index in [-0.39, 0.29) is 5.76 Å². The number of hydrogen-bond donors (Lipinski definition) is 0. The molecule has 0 aliphatic heterocycles. The van der Waals surface area contributed by atoms with Crippen molar-refractivity contribution in [1.82, 2.24) is 0 Å². The number of unbranched alkanes of at least 4 members (excludes halogenated alkanes) is 1. The number of rotatable bonds is 13. The number of carbonyl (C=O) groups is 1. The van der Waals surface area contributed by atoms with Gasteiger partial charge in [-0.05, 0) is 61.9 Å². The Morgan fingerprint density at radius 2 is 1.69 bits per heavy atom. The second kappa shape index (κ2) is 12.4. The van der Waals surface area contributed by atoms with Gasteiger partial charge in [-0.1, -0.05) is 53.2 Å². The predicted octanol–water partition coefficient (Wildman–Crippen LogP) is 7.31. The molecule has 1 heterocycles. The molecule has 1 aromatic rings. The fraction of sp³-hybridized carbons (Fsp3) is 0.708. The van der Waals surface area contributed by atoms with Crippen LogP contribution in [0.2, 0.25) is 16.6 Å². The highest BCUT2D eigenvalue weighted by Gasteiger charge is 2.44. The Hall–Kier alpha value is -1.33. The van der Waals surface area contributed by atoms with Crippen LogP contribution in [0.4, 0.5) is 0 Å². The number of allylic oxidation sites excluding steroid dienone is 2. The van der Waals surface area contributed by atoms with E-state index in [1.165, 1.54) is 5.57 Å². The maximum Gasteiger partial charge on any atom is 0.374 e. The molecule has 1 aromatic heterocycles. The zero-order valence-electron chi connectivity index (χ0n) is 19.8. The molecule has 0 radical (unpaired) electrons. The summed E-state index contributed by atoms with van der Waals surface area (Å²) < 4.78 is 17.1. The summed E-state index contributed by atoms with van der Waals surface area (Å²) in [6.45, 7) is 19.2. The first kappa shape index (κ1) is 25.7. The van der Waals surface area contributed by atoms with E-state index in [9.17, 15) is 4.79 Å². The maximum atomic E-state index is 11.7. The summed E-state index contributed by atoms with van der Waals surface area (Å²) in [4.78, 5) is 11.7. The molecule has 29 heavy (non-hydrogen) atoms. The van der Waals surface area contributed by atoms with Crippen molar-refractivity contribution in [2.45, 2.75) is 97.7 Å². The van der Waals surface area contributed by atoms with Gasteiger partial charge in [-0.2, -0.15) is 0 Å².